The van der Waals surface area contributed by atoms with Crippen molar-refractivity contribution in [2.24, 2.45) is 11.3 Å². The minimum Gasteiger partial charge on any atom is -0.302 e. The van der Waals surface area contributed by atoms with Crippen LogP contribution in [-0.2, 0) is 4.79 Å². The number of hydrogen-bond acceptors (Lipinski definition) is 1. The molecule has 2 unspecified atom stereocenters. The number of rotatable bonds is 2. The van der Waals surface area contributed by atoms with E-state index in [0.29, 0.717) is 0 Å². The highest BCUT2D eigenvalue weighted by Gasteiger charge is 2.37. The summed E-state index contributed by atoms with van der Waals surface area (Å²) in [5.41, 5.74) is 2.22. The minimum atomic E-state index is -0.179. The van der Waals surface area contributed by atoms with Crippen molar-refractivity contribution in [1.82, 2.24) is 0 Å². The quantitative estimate of drug-likeness (QED) is 0.563. The van der Waals surface area contributed by atoms with Crippen molar-refractivity contribution in [2.45, 2.75) is 19.8 Å². The van der Waals surface area contributed by atoms with Gasteiger partial charge >= 0.3 is 0 Å². The second-order valence-electron chi connectivity index (χ2n) is 6.42. The third-order valence-corrected chi connectivity index (χ3v) is 4.56. The van der Waals surface area contributed by atoms with Crippen LogP contribution in [0.15, 0.2) is 66.8 Å². The summed E-state index contributed by atoms with van der Waals surface area (Å²) in [6, 6.07) is 14.8. The van der Waals surface area contributed by atoms with Gasteiger partial charge < -0.3 is 4.79 Å². The van der Waals surface area contributed by atoms with Gasteiger partial charge in [-0.05, 0) is 21.8 Å². The Morgan fingerprint density at radius 3 is 2.57 bits per heavy atom. The maximum Gasteiger partial charge on any atom is 0.130 e. The standard InChI is InChI=1S/C20H20O/c1-14-16(13-21)11-12-20(2,3)19(14)18-10-6-8-15-7-4-5-9-17(15)18/h4-13,16,19H,1H2,2-3H3. The Labute approximate surface area is 126 Å². The zero-order valence-corrected chi connectivity index (χ0v) is 12.5. The molecule has 1 aliphatic rings. The van der Waals surface area contributed by atoms with Crippen LogP contribution in [0.25, 0.3) is 10.8 Å². The van der Waals surface area contributed by atoms with E-state index in [2.05, 4.69) is 69.0 Å². The largest absolute Gasteiger partial charge is 0.302 e. The Kier molecular flexibility index (Phi) is 3.29. The summed E-state index contributed by atoms with van der Waals surface area (Å²) < 4.78 is 0. The van der Waals surface area contributed by atoms with Gasteiger partial charge in [0.15, 0.2) is 0 Å². The van der Waals surface area contributed by atoms with Gasteiger partial charge in [-0.15, -0.1) is 0 Å². The third-order valence-electron chi connectivity index (χ3n) is 4.56. The molecule has 0 bridgehead atoms. The van der Waals surface area contributed by atoms with Gasteiger partial charge in [0.2, 0.25) is 0 Å². The molecule has 0 heterocycles. The van der Waals surface area contributed by atoms with Gasteiger partial charge in [-0.2, -0.15) is 0 Å². The van der Waals surface area contributed by atoms with Crippen molar-refractivity contribution in [3.63, 3.8) is 0 Å². The van der Waals surface area contributed by atoms with Gasteiger partial charge in [0, 0.05) is 5.92 Å². The van der Waals surface area contributed by atoms with E-state index in [9.17, 15) is 4.79 Å². The predicted octanol–water partition coefficient (Wildman–Crippen LogP) is 4.89. The smallest absolute Gasteiger partial charge is 0.130 e. The van der Waals surface area contributed by atoms with E-state index in [0.717, 1.165) is 11.9 Å². The highest BCUT2D eigenvalue weighted by Crippen LogP contribution is 2.48. The highest BCUT2D eigenvalue weighted by molar-refractivity contribution is 5.87. The number of hydrogen-bond donors (Lipinski definition) is 0. The summed E-state index contributed by atoms with van der Waals surface area (Å²) in [6.07, 6.45) is 5.14. The molecule has 0 saturated carbocycles. The Balaban J connectivity index is 2.23. The van der Waals surface area contributed by atoms with Crippen molar-refractivity contribution < 1.29 is 4.79 Å². The lowest BCUT2D eigenvalue weighted by atomic mass is 9.64. The zero-order valence-electron chi connectivity index (χ0n) is 12.5. The van der Waals surface area contributed by atoms with E-state index < -0.39 is 0 Å². The molecule has 2 aromatic rings. The average molecular weight is 276 g/mol. The molecule has 2 aromatic carbocycles. The fraction of sp³-hybridized carbons (Fsp3) is 0.250. The number of fused-ring (bicyclic) bond motifs is 1. The second-order valence-corrected chi connectivity index (χ2v) is 6.42. The molecule has 3 rings (SSSR count). The van der Waals surface area contributed by atoms with Crippen LogP contribution in [0.2, 0.25) is 0 Å². The van der Waals surface area contributed by atoms with Crippen LogP contribution < -0.4 is 0 Å². The summed E-state index contributed by atoms with van der Waals surface area (Å²) >= 11 is 0. The van der Waals surface area contributed by atoms with Crippen LogP contribution in [0.3, 0.4) is 0 Å². The molecule has 1 nitrogen and oxygen atoms in total. The first-order valence-corrected chi connectivity index (χ1v) is 7.35. The van der Waals surface area contributed by atoms with Crippen LogP contribution >= 0.6 is 0 Å². The van der Waals surface area contributed by atoms with Crippen LogP contribution in [0.5, 0.6) is 0 Å². The fourth-order valence-corrected chi connectivity index (χ4v) is 3.48. The van der Waals surface area contributed by atoms with Crippen LogP contribution in [0, 0.1) is 11.3 Å². The lowest BCUT2D eigenvalue weighted by Crippen LogP contribution is -2.29. The summed E-state index contributed by atoms with van der Waals surface area (Å²) in [7, 11) is 0. The van der Waals surface area contributed by atoms with E-state index in [1.807, 2.05) is 6.08 Å². The molecule has 0 aliphatic heterocycles. The van der Waals surface area contributed by atoms with Gasteiger partial charge in [0.1, 0.15) is 6.29 Å². The van der Waals surface area contributed by atoms with E-state index in [1.165, 1.54) is 16.3 Å². The first kappa shape index (κ1) is 13.8. The van der Waals surface area contributed by atoms with Crippen molar-refractivity contribution in [3.05, 3.63) is 72.3 Å². The molecule has 0 fully saturated rings. The fourth-order valence-electron chi connectivity index (χ4n) is 3.48. The molecule has 0 N–H and O–H groups in total. The molecule has 0 saturated heterocycles. The molecule has 0 amide bonds. The Hall–Kier alpha value is -2.15. The first-order valence-electron chi connectivity index (χ1n) is 7.35. The highest BCUT2D eigenvalue weighted by atomic mass is 16.1. The second kappa shape index (κ2) is 5.00. The van der Waals surface area contributed by atoms with Crippen molar-refractivity contribution >= 4 is 17.1 Å². The summed E-state index contributed by atoms with van der Waals surface area (Å²) in [6.45, 7) is 8.67. The number of carbonyl (C=O) groups is 1. The van der Waals surface area contributed by atoms with Crippen LogP contribution in [0.4, 0.5) is 0 Å². The Bertz CT molecular complexity index is 731. The van der Waals surface area contributed by atoms with E-state index in [1.54, 1.807) is 0 Å². The molecular weight excluding hydrogens is 256 g/mol. The normalized spacial score (nSPS) is 24.2. The minimum absolute atomic E-state index is 0.0410. The lowest BCUT2D eigenvalue weighted by molar-refractivity contribution is -0.109. The first-order chi connectivity index (χ1) is 10.0. The predicted molar refractivity (Wildman–Crippen MR) is 88.3 cm³/mol. The van der Waals surface area contributed by atoms with Gasteiger partial charge in [0.25, 0.3) is 0 Å². The van der Waals surface area contributed by atoms with Crippen LogP contribution in [-0.4, -0.2) is 6.29 Å². The average Bonchev–Trinajstić information content (AvgIpc) is 2.47. The summed E-state index contributed by atoms with van der Waals surface area (Å²) in [5, 5.41) is 2.48. The molecule has 1 heteroatoms. The molecular formula is C20H20O. The number of benzene rings is 2. The summed E-state index contributed by atoms with van der Waals surface area (Å²) in [4.78, 5) is 11.3. The van der Waals surface area contributed by atoms with E-state index >= 15 is 0 Å². The van der Waals surface area contributed by atoms with Gasteiger partial charge in [-0.25, -0.2) is 0 Å². The van der Waals surface area contributed by atoms with Gasteiger partial charge in [-0.1, -0.05) is 80.6 Å². The Morgan fingerprint density at radius 2 is 1.81 bits per heavy atom. The molecule has 21 heavy (non-hydrogen) atoms. The Morgan fingerprint density at radius 1 is 1.10 bits per heavy atom. The maximum atomic E-state index is 11.3. The number of allylic oxidation sites excluding steroid dienone is 3. The van der Waals surface area contributed by atoms with Crippen molar-refractivity contribution in [1.29, 1.82) is 0 Å². The SMILES string of the molecule is C=C1C(C=O)C=CC(C)(C)C1c1cccc2ccccc12. The zero-order chi connectivity index (χ0) is 15.0. The van der Waals surface area contributed by atoms with Crippen molar-refractivity contribution in [2.75, 3.05) is 0 Å². The molecule has 0 aromatic heterocycles. The molecule has 1 aliphatic carbocycles. The topological polar surface area (TPSA) is 17.1 Å². The monoisotopic (exact) mass is 276 g/mol. The molecule has 106 valence electrons. The molecule has 0 radical (unpaired) electrons. The van der Waals surface area contributed by atoms with Gasteiger partial charge in [0.05, 0.1) is 5.92 Å². The molecule has 2 atom stereocenters. The summed E-state index contributed by atoms with van der Waals surface area (Å²) in [5.74, 6) is -0.0224. The lowest BCUT2D eigenvalue weighted by Gasteiger charge is -2.39. The maximum absolute atomic E-state index is 11.3. The third kappa shape index (κ3) is 2.23. The number of aldehydes is 1. The van der Waals surface area contributed by atoms with E-state index in [4.69, 9.17) is 0 Å². The van der Waals surface area contributed by atoms with Crippen molar-refractivity contribution in [3.8, 4) is 0 Å². The number of carbonyl (C=O) groups excluding carboxylic acids is 1. The van der Waals surface area contributed by atoms with Crippen LogP contribution in [0.1, 0.15) is 25.3 Å². The van der Waals surface area contributed by atoms with Gasteiger partial charge in [-0.3, -0.25) is 0 Å². The molecule has 0 spiro atoms. The van der Waals surface area contributed by atoms with E-state index in [-0.39, 0.29) is 17.3 Å².